The molecule has 104 valence electrons. The summed E-state index contributed by atoms with van der Waals surface area (Å²) in [5, 5.41) is 3.49. The monoisotopic (exact) mass is 261 g/mol. The van der Waals surface area contributed by atoms with E-state index in [0.717, 1.165) is 31.2 Å². The van der Waals surface area contributed by atoms with E-state index in [1.165, 1.54) is 25.7 Å². The van der Waals surface area contributed by atoms with Crippen molar-refractivity contribution in [2.45, 2.75) is 31.7 Å². The molecular formula is C15H23N3O. The van der Waals surface area contributed by atoms with Crippen LogP contribution in [0.3, 0.4) is 0 Å². The molecule has 1 aromatic heterocycles. The molecule has 0 radical (unpaired) electrons. The predicted octanol–water partition coefficient (Wildman–Crippen LogP) is 1.63. The standard InChI is InChI=1S/C15H23N3O/c1-17-9-3-5-14(17)15(19)18(10-12-6-7-12)11-13-4-2-8-16-13/h3,5,9,12-13,16H,2,4,6-8,10-11H2,1H3. The second-order valence-electron chi connectivity index (χ2n) is 5.95. The Balaban J connectivity index is 1.69. The molecule has 1 aliphatic carbocycles. The van der Waals surface area contributed by atoms with Gasteiger partial charge >= 0.3 is 0 Å². The molecule has 1 N–H and O–H groups in total. The van der Waals surface area contributed by atoms with Crippen LogP contribution in [0.25, 0.3) is 0 Å². The van der Waals surface area contributed by atoms with Gasteiger partial charge in [-0.3, -0.25) is 4.79 Å². The van der Waals surface area contributed by atoms with Crippen LogP contribution in [-0.2, 0) is 7.05 Å². The molecule has 19 heavy (non-hydrogen) atoms. The Bertz CT molecular complexity index is 444. The maximum Gasteiger partial charge on any atom is 0.270 e. The van der Waals surface area contributed by atoms with Crippen molar-refractivity contribution in [2.75, 3.05) is 19.6 Å². The quantitative estimate of drug-likeness (QED) is 0.874. The lowest BCUT2D eigenvalue weighted by molar-refractivity contribution is 0.0724. The van der Waals surface area contributed by atoms with Gasteiger partial charge in [0.05, 0.1) is 0 Å². The van der Waals surface area contributed by atoms with E-state index in [9.17, 15) is 4.79 Å². The highest BCUT2D eigenvalue weighted by atomic mass is 16.2. The second-order valence-corrected chi connectivity index (χ2v) is 5.95. The maximum absolute atomic E-state index is 12.7. The summed E-state index contributed by atoms with van der Waals surface area (Å²) in [4.78, 5) is 14.7. The fourth-order valence-electron chi connectivity index (χ4n) is 2.88. The lowest BCUT2D eigenvalue weighted by Gasteiger charge is -2.26. The van der Waals surface area contributed by atoms with Gasteiger partial charge in [-0.25, -0.2) is 0 Å². The van der Waals surface area contributed by atoms with Gasteiger partial charge in [0, 0.05) is 32.4 Å². The molecule has 1 atom stereocenters. The summed E-state index contributed by atoms with van der Waals surface area (Å²) in [6, 6.07) is 4.35. The number of aryl methyl sites for hydroxylation is 1. The third kappa shape index (κ3) is 3.00. The van der Waals surface area contributed by atoms with E-state index >= 15 is 0 Å². The number of carbonyl (C=O) groups is 1. The minimum Gasteiger partial charge on any atom is -0.347 e. The van der Waals surface area contributed by atoms with E-state index in [4.69, 9.17) is 0 Å². The Hall–Kier alpha value is -1.29. The molecule has 4 heteroatoms. The summed E-state index contributed by atoms with van der Waals surface area (Å²) >= 11 is 0. The van der Waals surface area contributed by atoms with Crippen molar-refractivity contribution < 1.29 is 4.79 Å². The first-order chi connectivity index (χ1) is 9.24. The smallest absolute Gasteiger partial charge is 0.270 e. The molecule has 1 amide bonds. The van der Waals surface area contributed by atoms with E-state index < -0.39 is 0 Å². The molecule has 1 unspecified atom stereocenters. The van der Waals surface area contributed by atoms with Crippen molar-refractivity contribution in [3.8, 4) is 0 Å². The van der Waals surface area contributed by atoms with Crippen molar-refractivity contribution >= 4 is 5.91 Å². The van der Waals surface area contributed by atoms with Gasteiger partial charge < -0.3 is 14.8 Å². The first kappa shape index (κ1) is 12.7. The largest absolute Gasteiger partial charge is 0.347 e. The number of amides is 1. The Labute approximate surface area is 114 Å². The van der Waals surface area contributed by atoms with Crippen LogP contribution in [0.4, 0.5) is 0 Å². The fraction of sp³-hybridized carbons (Fsp3) is 0.667. The van der Waals surface area contributed by atoms with Gasteiger partial charge in [-0.15, -0.1) is 0 Å². The number of rotatable bonds is 5. The molecule has 2 heterocycles. The Kier molecular flexibility index (Phi) is 3.60. The average Bonchev–Trinajstić information content (AvgIpc) is 2.88. The van der Waals surface area contributed by atoms with Gasteiger partial charge in [-0.1, -0.05) is 0 Å². The molecule has 0 spiro atoms. The van der Waals surface area contributed by atoms with Crippen molar-refractivity contribution in [3.05, 3.63) is 24.0 Å². The highest BCUT2D eigenvalue weighted by Crippen LogP contribution is 2.30. The molecule has 1 saturated carbocycles. The molecule has 1 aliphatic heterocycles. The van der Waals surface area contributed by atoms with Crippen LogP contribution in [-0.4, -0.2) is 41.1 Å². The van der Waals surface area contributed by atoms with Crippen molar-refractivity contribution in [1.82, 2.24) is 14.8 Å². The Morgan fingerprint density at radius 2 is 2.26 bits per heavy atom. The van der Waals surface area contributed by atoms with Crippen LogP contribution in [0.1, 0.15) is 36.2 Å². The number of nitrogens with one attached hydrogen (secondary N) is 1. The van der Waals surface area contributed by atoms with Crippen LogP contribution in [0.5, 0.6) is 0 Å². The van der Waals surface area contributed by atoms with Crippen LogP contribution in [0, 0.1) is 5.92 Å². The average molecular weight is 261 g/mol. The van der Waals surface area contributed by atoms with E-state index in [1.807, 2.05) is 29.9 Å². The minimum atomic E-state index is 0.188. The molecule has 4 nitrogen and oxygen atoms in total. The first-order valence-electron chi connectivity index (χ1n) is 7.38. The number of aromatic nitrogens is 1. The lowest BCUT2D eigenvalue weighted by atomic mass is 10.2. The minimum absolute atomic E-state index is 0.188. The van der Waals surface area contributed by atoms with E-state index in [0.29, 0.717) is 6.04 Å². The van der Waals surface area contributed by atoms with Crippen LogP contribution < -0.4 is 5.32 Å². The molecular weight excluding hydrogens is 238 g/mol. The summed E-state index contributed by atoms with van der Waals surface area (Å²) in [7, 11) is 1.94. The number of carbonyl (C=O) groups excluding carboxylic acids is 1. The van der Waals surface area contributed by atoms with Gasteiger partial charge in [0.2, 0.25) is 0 Å². The van der Waals surface area contributed by atoms with Crippen molar-refractivity contribution in [2.24, 2.45) is 13.0 Å². The summed E-state index contributed by atoms with van der Waals surface area (Å²) in [5.74, 6) is 0.929. The normalized spacial score (nSPS) is 22.7. The van der Waals surface area contributed by atoms with Gasteiger partial charge in [-0.05, 0) is 50.3 Å². The predicted molar refractivity (Wildman–Crippen MR) is 75.1 cm³/mol. The topological polar surface area (TPSA) is 37.3 Å². The number of hydrogen-bond donors (Lipinski definition) is 1. The zero-order valence-electron chi connectivity index (χ0n) is 11.6. The molecule has 2 aliphatic rings. The van der Waals surface area contributed by atoms with E-state index in [-0.39, 0.29) is 5.91 Å². The third-order valence-corrected chi connectivity index (χ3v) is 4.23. The zero-order valence-corrected chi connectivity index (χ0v) is 11.6. The number of hydrogen-bond acceptors (Lipinski definition) is 2. The fourth-order valence-corrected chi connectivity index (χ4v) is 2.88. The van der Waals surface area contributed by atoms with Gasteiger partial charge in [0.25, 0.3) is 5.91 Å². The van der Waals surface area contributed by atoms with Crippen molar-refractivity contribution in [1.29, 1.82) is 0 Å². The van der Waals surface area contributed by atoms with Gasteiger partial charge in [0.15, 0.2) is 0 Å². The summed E-state index contributed by atoms with van der Waals surface area (Å²) in [6.07, 6.45) is 6.95. The zero-order chi connectivity index (χ0) is 13.2. The summed E-state index contributed by atoms with van der Waals surface area (Å²) < 4.78 is 1.92. The second kappa shape index (κ2) is 5.37. The highest BCUT2D eigenvalue weighted by molar-refractivity contribution is 5.92. The third-order valence-electron chi connectivity index (χ3n) is 4.23. The Morgan fingerprint density at radius 3 is 2.84 bits per heavy atom. The van der Waals surface area contributed by atoms with Gasteiger partial charge in [0.1, 0.15) is 5.69 Å². The van der Waals surface area contributed by atoms with Gasteiger partial charge in [-0.2, -0.15) is 0 Å². The summed E-state index contributed by atoms with van der Waals surface area (Å²) in [6.45, 7) is 2.89. The highest BCUT2D eigenvalue weighted by Gasteiger charge is 2.30. The van der Waals surface area contributed by atoms with Crippen LogP contribution in [0.2, 0.25) is 0 Å². The molecule has 3 rings (SSSR count). The molecule has 1 saturated heterocycles. The Morgan fingerprint density at radius 1 is 1.42 bits per heavy atom. The molecule has 1 aromatic rings. The van der Waals surface area contributed by atoms with Crippen molar-refractivity contribution in [3.63, 3.8) is 0 Å². The maximum atomic E-state index is 12.7. The summed E-state index contributed by atoms with van der Waals surface area (Å²) in [5.41, 5.74) is 0.804. The lowest BCUT2D eigenvalue weighted by Crippen LogP contribution is -2.42. The molecule has 0 aromatic carbocycles. The van der Waals surface area contributed by atoms with E-state index in [2.05, 4.69) is 10.2 Å². The number of nitrogens with zero attached hydrogens (tertiary/aromatic N) is 2. The van der Waals surface area contributed by atoms with Crippen LogP contribution >= 0.6 is 0 Å². The van der Waals surface area contributed by atoms with Crippen LogP contribution in [0.15, 0.2) is 18.3 Å². The SMILES string of the molecule is Cn1cccc1C(=O)N(CC1CC1)CC1CCCN1. The molecule has 2 fully saturated rings. The molecule has 0 bridgehead atoms. The van der Waals surface area contributed by atoms with E-state index in [1.54, 1.807) is 0 Å². The first-order valence-corrected chi connectivity index (χ1v) is 7.38.